The third-order valence-electron chi connectivity index (χ3n) is 3.65. The Balaban J connectivity index is 2.08. The van der Waals surface area contributed by atoms with Crippen LogP contribution in [0.2, 0.25) is 0 Å². The third-order valence-corrected chi connectivity index (χ3v) is 4.63. The molecule has 2 nitrogen and oxygen atoms in total. The summed E-state index contributed by atoms with van der Waals surface area (Å²) in [5, 5.41) is 7.16. The molecular formula is C18H20N2S. The molecular weight excluding hydrogens is 276 g/mol. The molecule has 1 unspecified atom stereocenters. The first kappa shape index (κ1) is 14.2. The average Bonchev–Trinajstić information content (AvgIpc) is 2.97. The van der Waals surface area contributed by atoms with Gasteiger partial charge in [-0.25, -0.2) is 0 Å². The summed E-state index contributed by atoms with van der Waals surface area (Å²) in [7, 11) is 0. The van der Waals surface area contributed by atoms with Crippen LogP contribution in [0.15, 0.2) is 48.1 Å². The Morgan fingerprint density at radius 3 is 2.95 bits per heavy atom. The Morgan fingerprint density at radius 2 is 2.14 bits per heavy atom. The zero-order valence-corrected chi connectivity index (χ0v) is 13.3. The summed E-state index contributed by atoms with van der Waals surface area (Å²) in [4.78, 5) is 4.37. The van der Waals surface area contributed by atoms with Gasteiger partial charge in [0.15, 0.2) is 0 Å². The van der Waals surface area contributed by atoms with Crippen molar-refractivity contribution in [3.05, 3.63) is 64.8 Å². The predicted molar refractivity (Wildman–Crippen MR) is 90.9 cm³/mol. The monoisotopic (exact) mass is 296 g/mol. The van der Waals surface area contributed by atoms with Crippen LogP contribution in [0.25, 0.3) is 10.1 Å². The highest BCUT2D eigenvalue weighted by molar-refractivity contribution is 7.17. The van der Waals surface area contributed by atoms with Gasteiger partial charge < -0.3 is 5.32 Å². The summed E-state index contributed by atoms with van der Waals surface area (Å²) in [6.07, 6.45) is 5.01. The van der Waals surface area contributed by atoms with Crippen molar-refractivity contribution in [2.45, 2.75) is 26.3 Å². The van der Waals surface area contributed by atoms with Crippen LogP contribution in [0, 0.1) is 6.92 Å². The smallest absolute Gasteiger partial charge is 0.0606 e. The van der Waals surface area contributed by atoms with E-state index in [0.29, 0.717) is 0 Å². The topological polar surface area (TPSA) is 24.9 Å². The van der Waals surface area contributed by atoms with Crippen molar-refractivity contribution in [3.63, 3.8) is 0 Å². The summed E-state index contributed by atoms with van der Waals surface area (Å²) in [5.74, 6) is 0. The molecule has 3 aromatic rings. The van der Waals surface area contributed by atoms with Gasteiger partial charge in [0.1, 0.15) is 0 Å². The molecule has 21 heavy (non-hydrogen) atoms. The van der Waals surface area contributed by atoms with Crippen molar-refractivity contribution in [1.82, 2.24) is 10.3 Å². The average molecular weight is 296 g/mol. The first-order chi connectivity index (χ1) is 10.3. The molecule has 0 aliphatic heterocycles. The normalized spacial score (nSPS) is 12.7. The van der Waals surface area contributed by atoms with Gasteiger partial charge in [0, 0.05) is 17.1 Å². The molecule has 3 heteroatoms. The van der Waals surface area contributed by atoms with Gasteiger partial charge in [-0.3, -0.25) is 4.98 Å². The predicted octanol–water partition coefficient (Wildman–Crippen LogP) is 4.69. The molecule has 1 aromatic carbocycles. The number of hydrogen-bond acceptors (Lipinski definition) is 3. The van der Waals surface area contributed by atoms with Crippen LogP contribution in [0.3, 0.4) is 0 Å². The van der Waals surface area contributed by atoms with Crippen LogP contribution in [-0.4, -0.2) is 11.5 Å². The van der Waals surface area contributed by atoms with Crippen LogP contribution >= 0.6 is 11.3 Å². The van der Waals surface area contributed by atoms with E-state index in [9.17, 15) is 0 Å². The van der Waals surface area contributed by atoms with E-state index in [1.165, 1.54) is 26.8 Å². The third kappa shape index (κ3) is 2.99. The molecule has 1 atom stereocenters. The SMILES string of the molecule is CCCNC(c1cncc(C)c1)c1cccc2ccsc12. The van der Waals surface area contributed by atoms with Crippen LogP contribution in [0.1, 0.15) is 36.1 Å². The molecule has 108 valence electrons. The van der Waals surface area contributed by atoms with Crippen molar-refractivity contribution in [1.29, 1.82) is 0 Å². The minimum atomic E-state index is 0.208. The minimum absolute atomic E-state index is 0.208. The molecule has 1 N–H and O–H groups in total. The Morgan fingerprint density at radius 1 is 1.24 bits per heavy atom. The number of fused-ring (bicyclic) bond motifs is 1. The molecule has 0 bridgehead atoms. The molecule has 2 aromatic heterocycles. The van der Waals surface area contributed by atoms with Gasteiger partial charge in [-0.1, -0.05) is 31.2 Å². The van der Waals surface area contributed by atoms with Crippen LogP contribution in [0.5, 0.6) is 0 Å². The second kappa shape index (κ2) is 6.37. The maximum Gasteiger partial charge on any atom is 0.0606 e. The molecule has 0 spiro atoms. The van der Waals surface area contributed by atoms with E-state index < -0.39 is 0 Å². The van der Waals surface area contributed by atoms with E-state index in [4.69, 9.17) is 0 Å². The first-order valence-electron chi connectivity index (χ1n) is 7.40. The van der Waals surface area contributed by atoms with Gasteiger partial charge in [0.2, 0.25) is 0 Å². The number of aryl methyl sites for hydroxylation is 1. The molecule has 3 rings (SSSR count). The molecule has 0 aliphatic rings. The zero-order chi connectivity index (χ0) is 14.7. The first-order valence-corrected chi connectivity index (χ1v) is 8.28. The van der Waals surface area contributed by atoms with Crippen LogP contribution in [0.4, 0.5) is 0 Å². The molecule has 0 amide bonds. The number of nitrogens with zero attached hydrogens (tertiary/aromatic N) is 1. The Bertz CT molecular complexity index is 733. The van der Waals surface area contributed by atoms with E-state index in [2.05, 4.69) is 59.9 Å². The van der Waals surface area contributed by atoms with Crippen molar-refractivity contribution < 1.29 is 0 Å². The van der Waals surface area contributed by atoms with Crippen LogP contribution in [-0.2, 0) is 0 Å². The number of hydrogen-bond donors (Lipinski definition) is 1. The van der Waals surface area contributed by atoms with Crippen molar-refractivity contribution in [3.8, 4) is 0 Å². The van der Waals surface area contributed by atoms with Crippen LogP contribution < -0.4 is 5.32 Å². The Kier molecular flexibility index (Phi) is 4.32. The Labute approximate surface area is 129 Å². The highest BCUT2D eigenvalue weighted by atomic mass is 32.1. The maximum absolute atomic E-state index is 4.37. The van der Waals surface area contributed by atoms with Gasteiger partial charge in [0.25, 0.3) is 0 Å². The van der Waals surface area contributed by atoms with E-state index in [1.807, 2.05) is 23.7 Å². The highest BCUT2D eigenvalue weighted by Crippen LogP contribution is 2.32. The lowest BCUT2D eigenvalue weighted by atomic mass is 9.98. The molecule has 0 radical (unpaired) electrons. The fourth-order valence-corrected chi connectivity index (χ4v) is 3.62. The number of benzene rings is 1. The number of thiophene rings is 1. The van der Waals surface area contributed by atoms with Crippen molar-refractivity contribution in [2.75, 3.05) is 6.54 Å². The maximum atomic E-state index is 4.37. The molecule has 0 saturated heterocycles. The van der Waals surface area contributed by atoms with Gasteiger partial charge in [-0.15, -0.1) is 11.3 Å². The molecule has 0 aliphatic carbocycles. The van der Waals surface area contributed by atoms with E-state index in [0.717, 1.165) is 13.0 Å². The van der Waals surface area contributed by atoms with Crippen molar-refractivity contribution in [2.24, 2.45) is 0 Å². The summed E-state index contributed by atoms with van der Waals surface area (Å²) >= 11 is 1.81. The van der Waals surface area contributed by atoms with Gasteiger partial charge in [-0.05, 0) is 53.4 Å². The standard InChI is InChI=1S/C18H20N2S/c1-3-8-20-17(15-10-13(2)11-19-12-15)16-6-4-5-14-7-9-21-18(14)16/h4-7,9-12,17,20H,3,8H2,1-2H3. The summed E-state index contributed by atoms with van der Waals surface area (Å²) in [5.41, 5.74) is 3.79. The van der Waals surface area contributed by atoms with E-state index in [1.54, 1.807) is 0 Å². The number of aromatic nitrogens is 1. The summed E-state index contributed by atoms with van der Waals surface area (Å²) in [6, 6.07) is 11.2. The van der Waals surface area contributed by atoms with E-state index in [-0.39, 0.29) is 6.04 Å². The van der Waals surface area contributed by atoms with Gasteiger partial charge in [0.05, 0.1) is 6.04 Å². The molecule has 0 fully saturated rings. The minimum Gasteiger partial charge on any atom is -0.306 e. The highest BCUT2D eigenvalue weighted by Gasteiger charge is 2.17. The fourth-order valence-electron chi connectivity index (χ4n) is 2.68. The lowest BCUT2D eigenvalue weighted by molar-refractivity contribution is 0.600. The second-order valence-corrected chi connectivity index (χ2v) is 6.29. The van der Waals surface area contributed by atoms with Gasteiger partial charge in [-0.2, -0.15) is 0 Å². The lowest BCUT2D eigenvalue weighted by Gasteiger charge is -2.20. The lowest BCUT2D eigenvalue weighted by Crippen LogP contribution is -2.23. The Hall–Kier alpha value is -1.71. The molecule has 2 heterocycles. The number of rotatable bonds is 5. The quantitative estimate of drug-likeness (QED) is 0.738. The summed E-state index contributed by atoms with van der Waals surface area (Å²) in [6.45, 7) is 5.30. The number of pyridine rings is 1. The summed E-state index contributed by atoms with van der Waals surface area (Å²) < 4.78 is 1.37. The second-order valence-electron chi connectivity index (χ2n) is 5.37. The van der Waals surface area contributed by atoms with E-state index >= 15 is 0 Å². The number of nitrogens with one attached hydrogen (secondary N) is 1. The zero-order valence-electron chi connectivity index (χ0n) is 12.5. The van der Waals surface area contributed by atoms with Gasteiger partial charge >= 0.3 is 0 Å². The van der Waals surface area contributed by atoms with Crippen molar-refractivity contribution >= 4 is 21.4 Å². The fraction of sp³-hybridized carbons (Fsp3) is 0.278. The largest absolute Gasteiger partial charge is 0.306 e. The molecule has 0 saturated carbocycles.